The van der Waals surface area contributed by atoms with Crippen LogP contribution in [-0.2, 0) is 12.8 Å². The van der Waals surface area contributed by atoms with Gasteiger partial charge in [-0.2, -0.15) is 13.2 Å². The van der Waals surface area contributed by atoms with E-state index in [1.54, 1.807) is 31.2 Å². The Labute approximate surface area is 179 Å². The van der Waals surface area contributed by atoms with Gasteiger partial charge in [-0.1, -0.05) is 35.1 Å². The highest BCUT2D eigenvalue weighted by Gasteiger charge is 2.30. The van der Waals surface area contributed by atoms with Gasteiger partial charge in [-0.3, -0.25) is 5.32 Å². The van der Waals surface area contributed by atoms with Crippen LogP contribution in [0.5, 0.6) is 5.75 Å². The molecule has 0 spiro atoms. The number of urea groups is 1. The number of rotatable bonds is 6. The fourth-order valence-corrected chi connectivity index (χ4v) is 3.19. The molecule has 0 bridgehead atoms. The molecule has 0 aliphatic heterocycles. The van der Waals surface area contributed by atoms with Crippen LogP contribution in [0.3, 0.4) is 0 Å². The Morgan fingerprint density at radius 3 is 2.43 bits per heavy atom. The van der Waals surface area contributed by atoms with Crippen molar-refractivity contribution in [3.8, 4) is 5.75 Å². The molecule has 6 nitrogen and oxygen atoms in total. The fraction of sp³-hybridized carbons (Fsp3) is 0.211. The van der Waals surface area contributed by atoms with Gasteiger partial charge in [0, 0.05) is 5.02 Å². The highest BCUT2D eigenvalue weighted by molar-refractivity contribution is 7.15. The first-order chi connectivity index (χ1) is 14.2. The molecule has 0 aliphatic carbocycles. The molecule has 30 heavy (non-hydrogen) atoms. The largest absolute Gasteiger partial charge is 0.486 e. The molecule has 2 aromatic carbocycles. The number of carbonyl (C=O) groups excluding carboxylic acids is 1. The molecule has 3 rings (SSSR count). The first-order valence-corrected chi connectivity index (χ1v) is 9.85. The maximum Gasteiger partial charge on any atom is 0.416 e. The summed E-state index contributed by atoms with van der Waals surface area (Å²) >= 11 is 6.95. The summed E-state index contributed by atoms with van der Waals surface area (Å²) in [5.41, 5.74) is -0.211. The Morgan fingerprint density at radius 1 is 1.13 bits per heavy atom. The van der Waals surface area contributed by atoms with Gasteiger partial charge < -0.3 is 10.1 Å². The monoisotopic (exact) mass is 456 g/mol. The summed E-state index contributed by atoms with van der Waals surface area (Å²) in [4.78, 5) is 12.1. The van der Waals surface area contributed by atoms with Gasteiger partial charge in [-0.15, -0.1) is 10.2 Å². The van der Waals surface area contributed by atoms with Crippen molar-refractivity contribution in [1.29, 1.82) is 0 Å². The predicted octanol–water partition coefficient (Wildman–Crippen LogP) is 5.67. The second kappa shape index (κ2) is 9.31. The Bertz CT molecular complexity index is 994. The van der Waals surface area contributed by atoms with E-state index in [1.807, 2.05) is 0 Å². The molecule has 1 heterocycles. The number of hydrogen-bond donors (Lipinski definition) is 2. The zero-order valence-electron chi connectivity index (χ0n) is 15.5. The molecular weight excluding hydrogens is 441 g/mol. The number of amides is 2. The van der Waals surface area contributed by atoms with Crippen molar-refractivity contribution in [1.82, 2.24) is 15.5 Å². The molecule has 3 aromatic rings. The summed E-state index contributed by atoms with van der Waals surface area (Å²) in [6.45, 7) is 1.83. The highest BCUT2D eigenvalue weighted by Crippen LogP contribution is 2.30. The van der Waals surface area contributed by atoms with Gasteiger partial charge in [0.1, 0.15) is 12.4 Å². The lowest BCUT2D eigenvalue weighted by Gasteiger charge is -2.15. The number of alkyl halides is 3. The van der Waals surface area contributed by atoms with Crippen LogP contribution in [0, 0.1) is 0 Å². The average Bonchev–Trinajstić information content (AvgIpc) is 3.14. The van der Waals surface area contributed by atoms with Crippen LogP contribution >= 0.6 is 22.9 Å². The molecule has 1 atom stereocenters. The number of halogens is 4. The molecule has 0 aliphatic rings. The zero-order valence-corrected chi connectivity index (χ0v) is 17.1. The number of aromatic nitrogens is 2. The smallest absolute Gasteiger partial charge is 0.416 e. The number of anilines is 1. The lowest BCUT2D eigenvalue weighted by molar-refractivity contribution is -0.137. The standard InChI is InChI=1S/C19H16ClF3N4O2S/c1-11(12-2-4-13(5-3-12)19(21,22)23)24-17(28)25-18-27-26-16(30-18)10-29-15-8-6-14(20)7-9-15/h2-9,11H,10H2,1H3,(H2,24,25,27,28)/t11-/m0/s1. The van der Waals surface area contributed by atoms with Gasteiger partial charge in [0.2, 0.25) is 5.13 Å². The van der Waals surface area contributed by atoms with Crippen molar-refractivity contribution >= 4 is 34.1 Å². The summed E-state index contributed by atoms with van der Waals surface area (Å²) < 4.78 is 43.5. The zero-order chi connectivity index (χ0) is 21.7. The van der Waals surface area contributed by atoms with Crippen molar-refractivity contribution < 1.29 is 22.7 Å². The van der Waals surface area contributed by atoms with E-state index in [4.69, 9.17) is 16.3 Å². The summed E-state index contributed by atoms with van der Waals surface area (Å²) in [5, 5.41) is 14.4. The normalized spacial score (nSPS) is 12.3. The minimum Gasteiger partial charge on any atom is -0.486 e. The number of carbonyl (C=O) groups is 1. The third-order valence-electron chi connectivity index (χ3n) is 3.95. The Morgan fingerprint density at radius 2 is 1.80 bits per heavy atom. The second-order valence-electron chi connectivity index (χ2n) is 6.18. The second-order valence-corrected chi connectivity index (χ2v) is 7.68. The molecule has 0 saturated carbocycles. The van der Waals surface area contributed by atoms with E-state index in [1.165, 1.54) is 12.1 Å². The van der Waals surface area contributed by atoms with Gasteiger partial charge in [0.15, 0.2) is 5.01 Å². The fourth-order valence-electron chi connectivity index (χ4n) is 2.41. The van der Waals surface area contributed by atoms with Crippen molar-refractivity contribution in [2.45, 2.75) is 25.7 Å². The predicted molar refractivity (Wildman–Crippen MR) is 108 cm³/mol. The average molecular weight is 457 g/mol. The maximum absolute atomic E-state index is 12.6. The van der Waals surface area contributed by atoms with Crippen LogP contribution < -0.4 is 15.4 Å². The molecule has 0 unspecified atom stereocenters. The molecule has 0 fully saturated rings. The van der Waals surface area contributed by atoms with Crippen LogP contribution in [-0.4, -0.2) is 16.2 Å². The van der Waals surface area contributed by atoms with Crippen LogP contribution in [0.15, 0.2) is 48.5 Å². The van der Waals surface area contributed by atoms with E-state index in [-0.39, 0.29) is 11.7 Å². The summed E-state index contributed by atoms with van der Waals surface area (Å²) in [7, 11) is 0. The maximum atomic E-state index is 12.6. The lowest BCUT2D eigenvalue weighted by Crippen LogP contribution is -2.31. The van der Waals surface area contributed by atoms with Gasteiger partial charge in [0.25, 0.3) is 0 Å². The molecule has 0 saturated heterocycles. The molecule has 158 valence electrons. The van der Waals surface area contributed by atoms with E-state index < -0.39 is 23.8 Å². The lowest BCUT2D eigenvalue weighted by atomic mass is 10.1. The molecule has 2 N–H and O–H groups in total. The van der Waals surface area contributed by atoms with Crippen molar-refractivity contribution in [3.63, 3.8) is 0 Å². The first-order valence-electron chi connectivity index (χ1n) is 8.66. The number of ether oxygens (including phenoxy) is 1. The molecule has 1 aromatic heterocycles. The van der Waals surface area contributed by atoms with Crippen molar-refractivity contribution in [2.75, 3.05) is 5.32 Å². The minimum absolute atomic E-state index is 0.171. The number of nitrogens with one attached hydrogen (secondary N) is 2. The molecule has 2 amide bonds. The quantitative estimate of drug-likeness (QED) is 0.501. The Hall–Kier alpha value is -2.85. The van der Waals surface area contributed by atoms with Crippen LogP contribution in [0.1, 0.15) is 29.1 Å². The first kappa shape index (κ1) is 21.8. The topological polar surface area (TPSA) is 76.1 Å². The summed E-state index contributed by atoms with van der Waals surface area (Å²) in [6, 6.07) is 10.4. The van der Waals surface area contributed by atoms with Gasteiger partial charge >= 0.3 is 12.2 Å². The Balaban J connectivity index is 1.50. The number of nitrogens with zero attached hydrogens (tertiary/aromatic N) is 2. The van der Waals surface area contributed by atoms with E-state index in [0.29, 0.717) is 21.3 Å². The van der Waals surface area contributed by atoms with Gasteiger partial charge in [0.05, 0.1) is 11.6 Å². The minimum atomic E-state index is -4.40. The summed E-state index contributed by atoms with van der Waals surface area (Å²) in [6.07, 6.45) is -4.40. The van der Waals surface area contributed by atoms with Crippen molar-refractivity contribution in [2.24, 2.45) is 0 Å². The number of benzene rings is 2. The van der Waals surface area contributed by atoms with E-state index in [2.05, 4.69) is 20.8 Å². The molecular formula is C19H16ClF3N4O2S. The SMILES string of the molecule is C[C@H](NC(=O)Nc1nnc(COc2ccc(Cl)cc2)s1)c1ccc(C(F)(F)F)cc1. The van der Waals surface area contributed by atoms with Crippen LogP contribution in [0.2, 0.25) is 5.02 Å². The highest BCUT2D eigenvalue weighted by atomic mass is 35.5. The number of hydrogen-bond acceptors (Lipinski definition) is 5. The van der Waals surface area contributed by atoms with Gasteiger partial charge in [-0.25, -0.2) is 4.79 Å². The van der Waals surface area contributed by atoms with Crippen LogP contribution in [0.4, 0.5) is 23.1 Å². The van der Waals surface area contributed by atoms with Gasteiger partial charge in [-0.05, 0) is 48.9 Å². The van der Waals surface area contributed by atoms with Crippen molar-refractivity contribution in [3.05, 3.63) is 69.7 Å². The molecule has 0 radical (unpaired) electrons. The third-order valence-corrected chi connectivity index (χ3v) is 5.01. The summed E-state index contributed by atoms with van der Waals surface area (Å²) in [5.74, 6) is 0.618. The third kappa shape index (κ3) is 6.07. The Kier molecular flexibility index (Phi) is 6.78. The van der Waals surface area contributed by atoms with E-state index in [9.17, 15) is 18.0 Å². The van der Waals surface area contributed by atoms with Crippen LogP contribution in [0.25, 0.3) is 0 Å². The molecule has 11 heteroatoms. The van der Waals surface area contributed by atoms with E-state index in [0.717, 1.165) is 23.5 Å². The van der Waals surface area contributed by atoms with E-state index >= 15 is 0 Å².